The van der Waals surface area contributed by atoms with Crippen molar-refractivity contribution in [2.45, 2.75) is 76.5 Å². The first-order valence-electron chi connectivity index (χ1n) is 16.9. The lowest BCUT2D eigenvalue weighted by molar-refractivity contribution is -0.130. The Labute approximate surface area is 275 Å². The third-order valence-electron chi connectivity index (χ3n) is 10.8. The molecule has 9 heteroatoms. The van der Waals surface area contributed by atoms with Crippen molar-refractivity contribution in [3.8, 4) is 22.4 Å². The van der Waals surface area contributed by atoms with Gasteiger partial charge in [-0.3, -0.25) is 14.3 Å². The standard InChI is InChI=1S/C38H42N6O3/c1-23-20-40-43(3)35(23)25-9-11-28(12-10-25)41-36(45)34(42-37(46)38(2)14-15-38)31-6-4-5-24-7-8-26(17-32(24)31)27-13-16-39-33(18-27)44-21-30-19-29(44)22-47-30/h7-13,16-18,20,29-31,34H,4-6,14-15,19,21-22H2,1-3H3,(H,41,45)(H,42,46)/t29-,30-,31+,34-/m0/s1. The highest BCUT2D eigenvalue weighted by atomic mass is 16.5. The largest absolute Gasteiger partial charge is 0.374 e. The van der Waals surface area contributed by atoms with Gasteiger partial charge in [0.05, 0.1) is 30.6 Å². The minimum Gasteiger partial charge on any atom is -0.374 e. The summed E-state index contributed by atoms with van der Waals surface area (Å²) in [6.07, 6.45) is 9.55. The molecule has 2 bridgehead atoms. The number of ether oxygens (including phenoxy) is 1. The number of nitrogens with zero attached hydrogens (tertiary/aromatic N) is 4. The predicted molar refractivity (Wildman–Crippen MR) is 182 cm³/mol. The lowest BCUT2D eigenvalue weighted by Gasteiger charge is -2.33. The number of anilines is 2. The molecule has 2 aromatic carbocycles. The number of benzene rings is 2. The first-order valence-corrected chi connectivity index (χ1v) is 16.9. The normalized spacial score (nSPS) is 22.9. The maximum atomic E-state index is 14.2. The molecule has 2 amide bonds. The molecule has 8 rings (SSSR count). The summed E-state index contributed by atoms with van der Waals surface area (Å²) in [4.78, 5) is 34.7. The predicted octanol–water partition coefficient (Wildman–Crippen LogP) is 5.78. The fourth-order valence-electron chi connectivity index (χ4n) is 7.77. The Morgan fingerprint density at radius 1 is 1.04 bits per heavy atom. The van der Waals surface area contributed by atoms with Crippen molar-refractivity contribution in [3.05, 3.63) is 83.7 Å². The van der Waals surface area contributed by atoms with Crippen molar-refractivity contribution < 1.29 is 14.3 Å². The molecule has 4 aliphatic rings. The fourth-order valence-corrected chi connectivity index (χ4v) is 7.77. The van der Waals surface area contributed by atoms with Crippen molar-refractivity contribution >= 4 is 23.3 Å². The lowest BCUT2D eigenvalue weighted by Crippen LogP contribution is -2.50. The van der Waals surface area contributed by atoms with E-state index in [1.54, 1.807) is 0 Å². The van der Waals surface area contributed by atoms with Gasteiger partial charge in [0, 0.05) is 42.4 Å². The van der Waals surface area contributed by atoms with Crippen LogP contribution in [0.3, 0.4) is 0 Å². The summed E-state index contributed by atoms with van der Waals surface area (Å²) in [6.45, 7) is 5.68. The monoisotopic (exact) mass is 630 g/mol. The molecular formula is C38H42N6O3. The molecule has 2 aliphatic heterocycles. The molecule has 4 aromatic rings. The van der Waals surface area contributed by atoms with Gasteiger partial charge in [-0.1, -0.05) is 37.3 Å². The van der Waals surface area contributed by atoms with Crippen LogP contribution in [0.25, 0.3) is 22.4 Å². The van der Waals surface area contributed by atoms with Gasteiger partial charge in [-0.15, -0.1) is 0 Å². The van der Waals surface area contributed by atoms with E-state index in [4.69, 9.17) is 9.72 Å². The van der Waals surface area contributed by atoms with Crippen LogP contribution in [0.5, 0.6) is 0 Å². The second kappa shape index (κ2) is 11.6. The molecule has 4 heterocycles. The summed E-state index contributed by atoms with van der Waals surface area (Å²) in [5, 5.41) is 10.7. The molecule has 0 spiro atoms. The van der Waals surface area contributed by atoms with Gasteiger partial charge in [-0.25, -0.2) is 4.98 Å². The Balaban J connectivity index is 1.08. The molecule has 2 N–H and O–H groups in total. The number of pyridine rings is 1. The summed E-state index contributed by atoms with van der Waals surface area (Å²) in [7, 11) is 1.93. The third kappa shape index (κ3) is 5.60. The van der Waals surface area contributed by atoms with Crippen LogP contribution in [-0.2, 0) is 27.8 Å². The zero-order valence-electron chi connectivity index (χ0n) is 27.3. The molecule has 3 fully saturated rings. The van der Waals surface area contributed by atoms with Crippen LogP contribution >= 0.6 is 0 Å². The van der Waals surface area contributed by atoms with Gasteiger partial charge in [0.15, 0.2) is 0 Å². The van der Waals surface area contributed by atoms with Crippen molar-refractivity contribution in [3.63, 3.8) is 0 Å². The van der Waals surface area contributed by atoms with E-state index in [0.29, 0.717) is 17.8 Å². The van der Waals surface area contributed by atoms with E-state index in [2.05, 4.69) is 51.0 Å². The van der Waals surface area contributed by atoms with Gasteiger partial charge in [0.25, 0.3) is 0 Å². The first-order chi connectivity index (χ1) is 22.8. The summed E-state index contributed by atoms with van der Waals surface area (Å²) in [6, 6.07) is 18.4. The molecule has 47 heavy (non-hydrogen) atoms. The zero-order valence-corrected chi connectivity index (χ0v) is 27.3. The van der Waals surface area contributed by atoms with Gasteiger partial charge < -0.3 is 20.3 Å². The van der Waals surface area contributed by atoms with Crippen LogP contribution in [0.15, 0.2) is 67.0 Å². The van der Waals surface area contributed by atoms with Crippen LogP contribution < -0.4 is 15.5 Å². The smallest absolute Gasteiger partial charge is 0.247 e. The number of aromatic nitrogens is 3. The number of carbonyl (C=O) groups excluding carboxylic acids is 2. The Bertz CT molecular complexity index is 1820. The van der Waals surface area contributed by atoms with E-state index in [9.17, 15) is 9.59 Å². The van der Waals surface area contributed by atoms with Crippen molar-refractivity contribution in [1.82, 2.24) is 20.1 Å². The Morgan fingerprint density at radius 2 is 1.83 bits per heavy atom. The van der Waals surface area contributed by atoms with Crippen LogP contribution in [0.2, 0.25) is 0 Å². The number of nitrogens with one attached hydrogen (secondary N) is 2. The maximum Gasteiger partial charge on any atom is 0.247 e. The van der Waals surface area contributed by atoms with E-state index in [1.807, 2.05) is 62.2 Å². The minimum atomic E-state index is -0.693. The molecule has 0 radical (unpaired) electrons. The van der Waals surface area contributed by atoms with Crippen LogP contribution in [0.4, 0.5) is 11.5 Å². The number of amides is 2. The molecule has 2 aromatic heterocycles. The maximum absolute atomic E-state index is 14.2. The van der Waals surface area contributed by atoms with E-state index < -0.39 is 11.5 Å². The summed E-state index contributed by atoms with van der Waals surface area (Å²) < 4.78 is 7.68. The Kier molecular flexibility index (Phi) is 7.39. The van der Waals surface area contributed by atoms with Crippen LogP contribution in [0.1, 0.15) is 61.6 Å². The number of morpholine rings is 1. The quantitative estimate of drug-likeness (QED) is 0.256. The van der Waals surface area contributed by atoms with E-state index >= 15 is 0 Å². The molecular weight excluding hydrogens is 588 g/mol. The van der Waals surface area contributed by atoms with Crippen LogP contribution in [0, 0.1) is 12.3 Å². The van der Waals surface area contributed by atoms with Crippen molar-refractivity contribution in [1.29, 1.82) is 0 Å². The number of aryl methyl sites for hydroxylation is 3. The first kappa shape index (κ1) is 29.9. The molecule has 2 saturated heterocycles. The summed E-state index contributed by atoms with van der Waals surface area (Å²) >= 11 is 0. The van der Waals surface area contributed by atoms with E-state index in [0.717, 1.165) is 91.0 Å². The van der Waals surface area contributed by atoms with E-state index in [-0.39, 0.29) is 17.7 Å². The van der Waals surface area contributed by atoms with Crippen LogP contribution in [-0.4, -0.2) is 57.9 Å². The number of hydrogen-bond donors (Lipinski definition) is 2. The number of rotatable bonds is 8. The molecule has 0 unspecified atom stereocenters. The molecule has 2 aliphatic carbocycles. The molecule has 9 nitrogen and oxygen atoms in total. The average Bonchev–Trinajstić information content (AvgIpc) is 3.37. The summed E-state index contributed by atoms with van der Waals surface area (Å²) in [5.74, 6) is 0.618. The second-order valence-electron chi connectivity index (χ2n) is 14.2. The van der Waals surface area contributed by atoms with Gasteiger partial charge >= 0.3 is 0 Å². The fraction of sp³-hybridized carbons (Fsp3) is 0.421. The zero-order chi connectivity index (χ0) is 32.3. The average molecular weight is 631 g/mol. The van der Waals surface area contributed by atoms with Crippen molar-refractivity contribution in [2.24, 2.45) is 12.5 Å². The number of hydrogen-bond acceptors (Lipinski definition) is 6. The van der Waals surface area contributed by atoms with E-state index in [1.165, 1.54) is 5.56 Å². The third-order valence-corrected chi connectivity index (χ3v) is 10.8. The Morgan fingerprint density at radius 3 is 2.53 bits per heavy atom. The highest BCUT2D eigenvalue weighted by Gasteiger charge is 2.47. The van der Waals surface area contributed by atoms with Gasteiger partial charge in [-0.05, 0) is 97.5 Å². The van der Waals surface area contributed by atoms with Gasteiger partial charge in [-0.2, -0.15) is 5.10 Å². The van der Waals surface area contributed by atoms with Gasteiger partial charge in [0.2, 0.25) is 11.8 Å². The number of fused-ring (bicyclic) bond motifs is 3. The second-order valence-corrected chi connectivity index (χ2v) is 14.2. The minimum absolute atomic E-state index is 0.0365. The molecule has 242 valence electrons. The molecule has 1 saturated carbocycles. The number of carbonyl (C=O) groups is 2. The summed E-state index contributed by atoms with van der Waals surface area (Å²) in [5.41, 5.74) is 8.06. The van der Waals surface area contributed by atoms with Crippen molar-refractivity contribution in [2.75, 3.05) is 23.4 Å². The lowest BCUT2D eigenvalue weighted by atomic mass is 9.77. The topological polar surface area (TPSA) is 101 Å². The highest BCUT2D eigenvalue weighted by molar-refractivity contribution is 5.99. The molecule has 4 atom stereocenters. The SMILES string of the molecule is Cc1cnn(C)c1-c1ccc(NC(=O)[C@@H](NC(=O)C2(C)CC2)[C@@H]2CCCc3ccc(-c4ccnc(N5C[C@@H]6C[C@H]5CO6)c4)cc32)cc1. The Hall–Kier alpha value is -4.50. The highest BCUT2D eigenvalue weighted by Crippen LogP contribution is 2.46. The van der Waals surface area contributed by atoms with Gasteiger partial charge in [0.1, 0.15) is 11.9 Å².